The van der Waals surface area contributed by atoms with E-state index in [4.69, 9.17) is 0 Å². The van der Waals surface area contributed by atoms with Gasteiger partial charge >= 0.3 is 0 Å². The fraction of sp³-hybridized carbons (Fsp3) is 0.154. The van der Waals surface area contributed by atoms with Gasteiger partial charge in [-0.05, 0) is 60.7 Å². The number of imide groups is 1. The van der Waals surface area contributed by atoms with E-state index in [0.717, 1.165) is 34.4 Å². The zero-order valence-corrected chi connectivity index (χ0v) is 17.4. The molecule has 0 saturated heterocycles. The van der Waals surface area contributed by atoms with Crippen LogP contribution >= 0.6 is 0 Å². The largest absolute Gasteiger partial charge is 0.350 e. The molecule has 1 heterocycles. The van der Waals surface area contributed by atoms with Crippen LogP contribution in [0.1, 0.15) is 29.2 Å². The van der Waals surface area contributed by atoms with Gasteiger partial charge in [-0.15, -0.1) is 0 Å². The highest BCUT2D eigenvalue weighted by atomic mass is 16.2. The summed E-state index contributed by atoms with van der Waals surface area (Å²) >= 11 is 0. The number of carbonyl (C=O) groups excluding carboxylic acids is 2. The third-order valence-electron chi connectivity index (χ3n) is 5.40. The predicted octanol–water partition coefficient (Wildman–Crippen LogP) is 5.26. The first-order valence-electron chi connectivity index (χ1n) is 10.1. The summed E-state index contributed by atoms with van der Waals surface area (Å²) in [5, 5.41) is 3.27. The molecule has 0 aliphatic carbocycles. The summed E-state index contributed by atoms with van der Waals surface area (Å²) in [6.07, 6.45) is 0.898. The van der Waals surface area contributed by atoms with Crippen LogP contribution in [0.4, 0.5) is 11.4 Å². The number of amides is 2. The van der Waals surface area contributed by atoms with Gasteiger partial charge in [-0.3, -0.25) is 9.59 Å². The van der Waals surface area contributed by atoms with Gasteiger partial charge in [0.1, 0.15) is 5.70 Å². The van der Waals surface area contributed by atoms with Gasteiger partial charge in [-0.2, -0.15) is 0 Å². The predicted molar refractivity (Wildman–Crippen MR) is 121 cm³/mol. The van der Waals surface area contributed by atoms with Crippen molar-refractivity contribution in [3.63, 3.8) is 0 Å². The van der Waals surface area contributed by atoms with Crippen LogP contribution in [0.2, 0.25) is 0 Å². The first-order chi connectivity index (χ1) is 14.5. The zero-order chi connectivity index (χ0) is 21.3. The molecule has 0 atom stereocenters. The van der Waals surface area contributed by atoms with E-state index in [2.05, 4.69) is 12.2 Å². The monoisotopic (exact) mass is 396 g/mol. The lowest BCUT2D eigenvalue weighted by atomic mass is 10.0. The molecule has 1 aliphatic heterocycles. The van der Waals surface area contributed by atoms with Crippen LogP contribution in [0.15, 0.2) is 78.5 Å². The Labute approximate surface area is 176 Å². The maximum Gasteiger partial charge on any atom is 0.282 e. The number of rotatable bonds is 5. The second-order valence-electron chi connectivity index (χ2n) is 7.53. The van der Waals surface area contributed by atoms with Crippen molar-refractivity contribution in [2.75, 3.05) is 10.2 Å². The van der Waals surface area contributed by atoms with Gasteiger partial charge < -0.3 is 5.32 Å². The molecule has 1 aliphatic rings. The SMILES string of the molecule is CCc1ccc(N2C(=O)C(Nc3cc(C)ccc3C)=C(c3ccccc3)C2=O)cc1. The van der Waals surface area contributed by atoms with E-state index in [1.165, 1.54) is 4.90 Å². The Hall–Kier alpha value is -3.66. The zero-order valence-electron chi connectivity index (χ0n) is 17.4. The van der Waals surface area contributed by atoms with Crippen LogP contribution < -0.4 is 10.2 Å². The summed E-state index contributed by atoms with van der Waals surface area (Å²) in [4.78, 5) is 28.1. The molecule has 4 nitrogen and oxygen atoms in total. The van der Waals surface area contributed by atoms with E-state index < -0.39 is 0 Å². The summed E-state index contributed by atoms with van der Waals surface area (Å²) in [6, 6.07) is 22.9. The van der Waals surface area contributed by atoms with Crippen LogP contribution in [0.25, 0.3) is 5.57 Å². The van der Waals surface area contributed by atoms with Crippen LogP contribution in [-0.4, -0.2) is 11.8 Å². The summed E-state index contributed by atoms with van der Waals surface area (Å²) in [5.74, 6) is -0.660. The molecule has 2 amide bonds. The minimum absolute atomic E-state index is 0.305. The molecule has 0 fully saturated rings. The standard InChI is InChI=1S/C26H24N2O2/c1-4-19-12-14-21(15-13-19)28-25(29)23(20-8-6-5-7-9-20)24(26(28)30)27-22-16-17(2)10-11-18(22)3/h5-16,27H,4H2,1-3H3. The second kappa shape index (κ2) is 7.99. The lowest BCUT2D eigenvalue weighted by Gasteiger charge is -2.16. The van der Waals surface area contributed by atoms with Crippen molar-refractivity contribution in [1.29, 1.82) is 0 Å². The average molecular weight is 396 g/mol. The molecule has 4 rings (SSSR count). The fourth-order valence-corrected chi connectivity index (χ4v) is 3.64. The van der Waals surface area contributed by atoms with Gasteiger partial charge in [-0.25, -0.2) is 4.90 Å². The Morgan fingerprint density at radius 1 is 0.833 bits per heavy atom. The second-order valence-corrected chi connectivity index (χ2v) is 7.53. The van der Waals surface area contributed by atoms with Gasteiger partial charge in [0, 0.05) is 5.69 Å². The lowest BCUT2D eigenvalue weighted by Crippen LogP contribution is -2.32. The Bertz CT molecular complexity index is 1150. The molecule has 0 bridgehead atoms. The van der Waals surface area contributed by atoms with Crippen molar-refractivity contribution in [3.8, 4) is 0 Å². The summed E-state index contributed by atoms with van der Waals surface area (Å²) in [5.41, 5.74) is 6.05. The third-order valence-corrected chi connectivity index (χ3v) is 5.40. The first kappa shape index (κ1) is 19.6. The number of anilines is 2. The Balaban J connectivity index is 1.81. The minimum atomic E-state index is -0.344. The molecule has 0 aromatic heterocycles. The molecular formula is C26H24N2O2. The van der Waals surface area contributed by atoms with Gasteiger partial charge in [0.05, 0.1) is 11.3 Å². The molecule has 3 aromatic rings. The van der Waals surface area contributed by atoms with Crippen LogP contribution in [0.3, 0.4) is 0 Å². The normalized spacial score (nSPS) is 13.9. The van der Waals surface area contributed by atoms with Crippen molar-refractivity contribution in [2.24, 2.45) is 0 Å². The van der Waals surface area contributed by atoms with Crippen molar-refractivity contribution in [2.45, 2.75) is 27.2 Å². The Morgan fingerprint density at radius 3 is 2.20 bits per heavy atom. The average Bonchev–Trinajstić information content (AvgIpc) is 3.01. The highest BCUT2D eigenvalue weighted by Gasteiger charge is 2.40. The van der Waals surface area contributed by atoms with E-state index in [-0.39, 0.29) is 11.8 Å². The Kier molecular flexibility index (Phi) is 5.23. The summed E-state index contributed by atoms with van der Waals surface area (Å²) in [7, 11) is 0. The maximum absolute atomic E-state index is 13.4. The fourth-order valence-electron chi connectivity index (χ4n) is 3.64. The quantitative estimate of drug-likeness (QED) is 0.598. The van der Waals surface area contributed by atoms with Crippen LogP contribution in [0.5, 0.6) is 0 Å². The molecule has 0 unspecified atom stereocenters. The van der Waals surface area contributed by atoms with E-state index in [9.17, 15) is 9.59 Å². The number of hydrogen-bond donors (Lipinski definition) is 1. The number of nitrogens with one attached hydrogen (secondary N) is 1. The van der Waals surface area contributed by atoms with Gasteiger partial charge in [0.2, 0.25) is 0 Å². The van der Waals surface area contributed by atoms with Crippen LogP contribution in [-0.2, 0) is 16.0 Å². The molecule has 0 radical (unpaired) electrons. The first-order valence-corrected chi connectivity index (χ1v) is 10.1. The Morgan fingerprint density at radius 2 is 1.53 bits per heavy atom. The van der Waals surface area contributed by atoms with Gasteiger partial charge in [0.25, 0.3) is 11.8 Å². The van der Waals surface area contributed by atoms with Crippen molar-refractivity contribution in [3.05, 3.63) is 101 Å². The van der Waals surface area contributed by atoms with Crippen molar-refractivity contribution < 1.29 is 9.59 Å². The highest BCUT2D eigenvalue weighted by Crippen LogP contribution is 2.34. The topological polar surface area (TPSA) is 49.4 Å². The highest BCUT2D eigenvalue weighted by molar-refractivity contribution is 6.46. The van der Waals surface area contributed by atoms with E-state index in [1.807, 2.05) is 86.6 Å². The number of benzene rings is 3. The molecule has 0 spiro atoms. The smallest absolute Gasteiger partial charge is 0.282 e. The number of carbonyl (C=O) groups is 2. The van der Waals surface area contributed by atoms with E-state index >= 15 is 0 Å². The van der Waals surface area contributed by atoms with E-state index in [1.54, 1.807) is 0 Å². The molecule has 30 heavy (non-hydrogen) atoms. The summed E-state index contributed by atoms with van der Waals surface area (Å²) < 4.78 is 0. The van der Waals surface area contributed by atoms with Crippen LogP contribution in [0, 0.1) is 13.8 Å². The van der Waals surface area contributed by atoms with E-state index in [0.29, 0.717) is 17.0 Å². The maximum atomic E-state index is 13.4. The molecular weight excluding hydrogens is 372 g/mol. The third kappa shape index (κ3) is 3.52. The molecule has 4 heteroatoms. The number of aryl methyl sites for hydroxylation is 3. The van der Waals surface area contributed by atoms with Crippen molar-refractivity contribution >= 4 is 28.8 Å². The summed E-state index contributed by atoms with van der Waals surface area (Å²) in [6.45, 7) is 6.05. The minimum Gasteiger partial charge on any atom is -0.350 e. The molecule has 1 N–H and O–H groups in total. The molecule has 3 aromatic carbocycles. The van der Waals surface area contributed by atoms with Gasteiger partial charge in [0.15, 0.2) is 0 Å². The molecule has 150 valence electrons. The number of nitrogens with zero attached hydrogens (tertiary/aromatic N) is 1. The van der Waals surface area contributed by atoms with Gasteiger partial charge in [-0.1, -0.05) is 61.5 Å². The molecule has 0 saturated carbocycles. The van der Waals surface area contributed by atoms with Crippen molar-refractivity contribution in [1.82, 2.24) is 0 Å². The lowest BCUT2D eigenvalue weighted by molar-refractivity contribution is -0.120. The number of hydrogen-bond acceptors (Lipinski definition) is 3.